The van der Waals surface area contributed by atoms with Gasteiger partial charge in [-0.3, -0.25) is 4.79 Å². The number of rotatable bonds is 13. The Balaban J connectivity index is 4.02. The van der Waals surface area contributed by atoms with Crippen molar-refractivity contribution < 1.29 is 25.2 Å². The highest BCUT2D eigenvalue weighted by molar-refractivity contribution is 5.69. The summed E-state index contributed by atoms with van der Waals surface area (Å²) in [7, 11) is 0. The van der Waals surface area contributed by atoms with Gasteiger partial charge >= 0.3 is 5.97 Å². The zero-order valence-electron chi connectivity index (χ0n) is 15.6. The second-order valence-electron chi connectivity index (χ2n) is 6.13. The molecule has 0 aliphatic carbocycles. The van der Waals surface area contributed by atoms with E-state index >= 15 is 0 Å². The third-order valence-corrected chi connectivity index (χ3v) is 3.69. The molecule has 0 fully saturated rings. The van der Waals surface area contributed by atoms with Crippen LogP contribution >= 0.6 is 0 Å². The number of aliphatic hydroxyl groups excluding tert-OH is 3. The first-order chi connectivity index (χ1) is 12.4. The number of carboxylic acid groups (broad SMARTS) is 1. The molecule has 146 valence electrons. The third-order valence-electron chi connectivity index (χ3n) is 3.69. The van der Waals surface area contributed by atoms with E-state index in [2.05, 4.69) is 0 Å². The van der Waals surface area contributed by atoms with Crippen molar-refractivity contribution in [2.45, 2.75) is 57.8 Å². The molecule has 0 bridgehead atoms. The zero-order valence-corrected chi connectivity index (χ0v) is 15.6. The molecule has 4 atom stereocenters. The lowest BCUT2D eigenvalue weighted by atomic mass is 10.0. The smallest absolute Gasteiger partial charge is 0.306 e. The normalized spacial score (nSPS) is 17.7. The van der Waals surface area contributed by atoms with Crippen LogP contribution in [0.4, 0.5) is 0 Å². The van der Waals surface area contributed by atoms with Crippen molar-refractivity contribution in [3.05, 3.63) is 60.8 Å². The summed E-state index contributed by atoms with van der Waals surface area (Å²) in [4.78, 5) is 10.7. The van der Waals surface area contributed by atoms with Crippen molar-refractivity contribution in [2.75, 3.05) is 0 Å². The highest BCUT2D eigenvalue weighted by atomic mass is 16.4. The molecule has 0 saturated carbocycles. The van der Waals surface area contributed by atoms with Crippen molar-refractivity contribution in [2.24, 2.45) is 5.92 Å². The van der Waals surface area contributed by atoms with Crippen LogP contribution in [0.3, 0.4) is 0 Å². The Hall–Kier alpha value is -1.95. The minimum absolute atomic E-state index is 0.405. The standard InChI is InChI=1S/C21H32O5/c1-3-18(22)11-9-6-10-13-19(23)12-7-4-5-8-14-20(24)16-15-17(2)21(25)26/h4-12,14,17-20,22-24H,3,13,15-16H2,1-2H3,(H,25,26)/t17?,18-,19+,20-/m1/s1. The zero-order chi connectivity index (χ0) is 19.8. The molecule has 0 aromatic carbocycles. The van der Waals surface area contributed by atoms with Crippen LogP contribution in [0, 0.1) is 5.92 Å². The van der Waals surface area contributed by atoms with Crippen molar-refractivity contribution in [3.8, 4) is 0 Å². The lowest BCUT2D eigenvalue weighted by Gasteiger charge is -2.07. The van der Waals surface area contributed by atoms with Crippen molar-refractivity contribution in [1.82, 2.24) is 0 Å². The maximum absolute atomic E-state index is 10.7. The summed E-state index contributed by atoms with van der Waals surface area (Å²) in [6.07, 6.45) is 17.5. The van der Waals surface area contributed by atoms with E-state index in [-0.39, 0.29) is 0 Å². The molecular weight excluding hydrogens is 332 g/mol. The molecule has 0 spiro atoms. The van der Waals surface area contributed by atoms with Crippen LogP contribution in [-0.4, -0.2) is 44.7 Å². The van der Waals surface area contributed by atoms with Gasteiger partial charge < -0.3 is 20.4 Å². The summed E-state index contributed by atoms with van der Waals surface area (Å²) >= 11 is 0. The van der Waals surface area contributed by atoms with Crippen LogP contribution in [0.25, 0.3) is 0 Å². The first kappa shape index (κ1) is 24.1. The molecule has 5 heteroatoms. The predicted octanol–water partition coefficient (Wildman–Crippen LogP) is 3.15. The number of allylic oxidation sites excluding steroid dienone is 6. The van der Waals surface area contributed by atoms with Gasteiger partial charge in [0.25, 0.3) is 0 Å². The van der Waals surface area contributed by atoms with Crippen LogP contribution in [0.2, 0.25) is 0 Å². The molecule has 4 N–H and O–H groups in total. The van der Waals surface area contributed by atoms with Gasteiger partial charge in [-0.2, -0.15) is 0 Å². The van der Waals surface area contributed by atoms with E-state index in [1.807, 2.05) is 13.0 Å². The molecule has 0 aromatic heterocycles. The summed E-state index contributed by atoms with van der Waals surface area (Å²) in [6, 6.07) is 0. The maximum Gasteiger partial charge on any atom is 0.306 e. The Morgan fingerprint density at radius 3 is 1.92 bits per heavy atom. The average molecular weight is 364 g/mol. The number of carbonyl (C=O) groups is 1. The average Bonchev–Trinajstić information content (AvgIpc) is 2.61. The van der Waals surface area contributed by atoms with Crippen molar-refractivity contribution >= 4 is 5.97 Å². The van der Waals surface area contributed by atoms with E-state index in [9.17, 15) is 20.1 Å². The highest BCUT2D eigenvalue weighted by Crippen LogP contribution is 2.09. The van der Waals surface area contributed by atoms with Gasteiger partial charge in [0.1, 0.15) is 0 Å². The third kappa shape index (κ3) is 14.4. The van der Waals surface area contributed by atoms with E-state index in [1.54, 1.807) is 61.6 Å². The minimum Gasteiger partial charge on any atom is -0.481 e. The Kier molecular flexibility index (Phi) is 14.2. The second-order valence-corrected chi connectivity index (χ2v) is 6.13. The fourth-order valence-corrected chi connectivity index (χ4v) is 1.86. The lowest BCUT2D eigenvalue weighted by Crippen LogP contribution is -2.12. The van der Waals surface area contributed by atoms with Crippen molar-refractivity contribution in [3.63, 3.8) is 0 Å². The highest BCUT2D eigenvalue weighted by Gasteiger charge is 2.11. The number of hydrogen-bond acceptors (Lipinski definition) is 4. The molecule has 0 aliphatic heterocycles. The van der Waals surface area contributed by atoms with Crippen LogP contribution in [0.5, 0.6) is 0 Å². The van der Waals surface area contributed by atoms with Gasteiger partial charge in [0.2, 0.25) is 0 Å². The second kappa shape index (κ2) is 15.3. The maximum atomic E-state index is 10.7. The van der Waals surface area contributed by atoms with Crippen molar-refractivity contribution in [1.29, 1.82) is 0 Å². The Morgan fingerprint density at radius 2 is 1.35 bits per heavy atom. The largest absolute Gasteiger partial charge is 0.481 e. The Morgan fingerprint density at radius 1 is 0.808 bits per heavy atom. The van der Waals surface area contributed by atoms with E-state index in [0.717, 1.165) is 0 Å². The van der Waals surface area contributed by atoms with E-state index in [0.29, 0.717) is 25.7 Å². The summed E-state index contributed by atoms with van der Waals surface area (Å²) in [5.41, 5.74) is 0. The van der Waals surface area contributed by atoms with E-state index < -0.39 is 30.2 Å². The molecule has 1 unspecified atom stereocenters. The summed E-state index contributed by atoms with van der Waals surface area (Å²) < 4.78 is 0. The number of carboxylic acids is 1. The molecule has 0 heterocycles. The summed E-state index contributed by atoms with van der Waals surface area (Å²) in [5.74, 6) is -1.31. The molecule has 26 heavy (non-hydrogen) atoms. The van der Waals surface area contributed by atoms with E-state index in [1.165, 1.54) is 0 Å². The fraction of sp³-hybridized carbons (Fsp3) is 0.476. The van der Waals surface area contributed by atoms with Gasteiger partial charge in [0, 0.05) is 0 Å². The molecule has 0 radical (unpaired) electrons. The van der Waals surface area contributed by atoms with Gasteiger partial charge in [-0.25, -0.2) is 0 Å². The number of hydrogen-bond donors (Lipinski definition) is 4. The van der Waals surface area contributed by atoms with Crippen LogP contribution in [-0.2, 0) is 4.79 Å². The topological polar surface area (TPSA) is 98.0 Å². The fourth-order valence-electron chi connectivity index (χ4n) is 1.86. The molecule has 5 nitrogen and oxygen atoms in total. The van der Waals surface area contributed by atoms with E-state index in [4.69, 9.17) is 5.11 Å². The monoisotopic (exact) mass is 364 g/mol. The van der Waals surface area contributed by atoms with Crippen LogP contribution in [0.15, 0.2) is 60.8 Å². The summed E-state index contributed by atoms with van der Waals surface area (Å²) in [6.45, 7) is 3.52. The van der Waals surface area contributed by atoms with Gasteiger partial charge in [0.15, 0.2) is 0 Å². The SMILES string of the molecule is CC[C@@H](O)C=CC=CC[C@@H](O)C=CC=CC=C[C@@H](O)CCC(C)C(=O)O. The number of aliphatic hydroxyl groups is 3. The lowest BCUT2D eigenvalue weighted by molar-refractivity contribution is -0.141. The summed E-state index contributed by atoms with van der Waals surface area (Å²) in [5, 5.41) is 37.6. The first-order valence-electron chi connectivity index (χ1n) is 8.98. The van der Waals surface area contributed by atoms with Gasteiger partial charge in [0.05, 0.1) is 24.2 Å². The molecule has 0 amide bonds. The van der Waals surface area contributed by atoms with Gasteiger partial charge in [-0.15, -0.1) is 0 Å². The predicted molar refractivity (Wildman–Crippen MR) is 105 cm³/mol. The number of aliphatic carboxylic acids is 1. The molecule has 0 aromatic rings. The van der Waals surface area contributed by atoms with Gasteiger partial charge in [-0.1, -0.05) is 74.6 Å². The molecular formula is C21H32O5. The van der Waals surface area contributed by atoms with Gasteiger partial charge in [-0.05, 0) is 25.7 Å². The molecule has 0 rings (SSSR count). The molecule has 0 aliphatic rings. The van der Waals surface area contributed by atoms with Crippen LogP contribution < -0.4 is 0 Å². The van der Waals surface area contributed by atoms with Crippen LogP contribution in [0.1, 0.15) is 39.5 Å². The molecule has 0 saturated heterocycles. The Bertz CT molecular complexity index is 516. The first-order valence-corrected chi connectivity index (χ1v) is 8.98. The Labute approximate surface area is 156 Å². The quantitative estimate of drug-likeness (QED) is 0.376. The minimum atomic E-state index is -0.853.